The van der Waals surface area contributed by atoms with Crippen LogP contribution in [0.5, 0.6) is 5.75 Å². The van der Waals surface area contributed by atoms with E-state index in [1.165, 1.54) is 7.11 Å². The fraction of sp³-hybridized carbons (Fsp3) is 0.188. The Bertz CT molecular complexity index is 652. The number of anilines is 1. The van der Waals surface area contributed by atoms with Crippen molar-refractivity contribution in [2.45, 2.75) is 12.5 Å². The van der Waals surface area contributed by atoms with Gasteiger partial charge >= 0.3 is 0 Å². The van der Waals surface area contributed by atoms with Gasteiger partial charge < -0.3 is 15.2 Å². The van der Waals surface area contributed by atoms with Gasteiger partial charge in [0.05, 0.1) is 5.69 Å². The quantitative estimate of drug-likeness (QED) is 0.881. The zero-order valence-corrected chi connectivity index (χ0v) is 11.1. The maximum Gasteiger partial charge on any atom is 0.253 e. The van der Waals surface area contributed by atoms with Crippen LogP contribution in [0.3, 0.4) is 0 Å². The molecule has 3 rings (SSSR count). The number of phenolic OH excluding ortho intramolecular Hbond substituents is 1. The Morgan fingerprint density at radius 1 is 1.20 bits per heavy atom. The van der Waals surface area contributed by atoms with Gasteiger partial charge in [0.1, 0.15) is 11.9 Å². The summed E-state index contributed by atoms with van der Waals surface area (Å²) in [6.07, 6.45) is -0.177. The molecule has 0 aliphatic carbocycles. The summed E-state index contributed by atoms with van der Waals surface area (Å²) < 4.78 is 5.14. The average Bonchev–Trinajstić information content (AvgIpc) is 2.48. The van der Waals surface area contributed by atoms with Crippen LogP contribution in [-0.4, -0.2) is 24.2 Å². The molecule has 0 spiro atoms. The Kier molecular flexibility index (Phi) is 3.16. The molecule has 20 heavy (non-hydrogen) atoms. The Labute approximate surface area is 117 Å². The zero-order valence-electron chi connectivity index (χ0n) is 11.1. The number of hydrogen-bond donors (Lipinski definition) is 2. The molecule has 4 nitrogen and oxygen atoms in total. The lowest BCUT2D eigenvalue weighted by Crippen LogP contribution is -2.36. The number of carbonyl (C=O) groups is 1. The van der Waals surface area contributed by atoms with Crippen molar-refractivity contribution in [2.24, 2.45) is 0 Å². The largest absolute Gasteiger partial charge is 0.508 e. The maximum atomic E-state index is 12.0. The van der Waals surface area contributed by atoms with E-state index < -0.39 is 6.10 Å². The molecule has 2 aromatic carbocycles. The van der Waals surface area contributed by atoms with Crippen LogP contribution in [0.4, 0.5) is 5.69 Å². The number of methoxy groups -OCH3 is 1. The van der Waals surface area contributed by atoms with Crippen LogP contribution in [0.15, 0.2) is 42.5 Å². The highest BCUT2D eigenvalue weighted by Crippen LogP contribution is 2.39. The van der Waals surface area contributed by atoms with Gasteiger partial charge in [-0.2, -0.15) is 0 Å². The number of ether oxygens (including phenoxy) is 1. The summed E-state index contributed by atoms with van der Waals surface area (Å²) in [6, 6.07) is 13.2. The van der Waals surface area contributed by atoms with Gasteiger partial charge in [-0.05, 0) is 17.7 Å². The number of fused-ring (bicyclic) bond motifs is 1. The standard InChI is InChI=1S/C16H15NO3/c1-20-14-9-12-13(18)8-7-11(15(12)17-16(14)19)10-5-3-2-4-6-10/h2-8,14,18H,9H2,1H3,(H,17,19). The van der Waals surface area contributed by atoms with Crippen LogP contribution in [0.1, 0.15) is 5.56 Å². The smallest absolute Gasteiger partial charge is 0.253 e. The molecular weight excluding hydrogens is 254 g/mol. The van der Waals surface area contributed by atoms with E-state index in [1.807, 2.05) is 36.4 Å². The number of carbonyl (C=O) groups excluding carboxylic acids is 1. The summed E-state index contributed by atoms with van der Waals surface area (Å²) in [5.41, 5.74) is 3.30. The second-order valence-corrected chi connectivity index (χ2v) is 4.77. The van der Waals surface area contributed by atoms with Crippen LogP contribution in [0.25, 0.3) is 11.1 Å². The molecule has 0 aromatic heterocycles. The van der Waals surface area contributed by atoms with Crippen molar-refractivity contribution < 1.29 is 14.6 Å². The summed E-state index contributed by atoms with van der Waals surface area (Å²) in [5, 5.41) is 12.9. The van der Waals surface area contributed by atoms with Gasteiger partial charge in [0.25, 0.3) is 5.91 Å². The highest BCUT2D eigenvalue weighted by atomic mass is 16.5. The van der Waals surface area contributed by atoms with Crippen molar-refractivity contribution in [3.8, 4) is 16.9 Å². The molecule has 0 saturated carbocycles. The van der Waals surface area contributed by atoms with Crippen molar-refractivity contribution in [1.29, 1.82) is 0 Å². The second-order valence-electron chi connectivity index (χ2n) is 4.77. The number of amides is 1. The lowest BCUT2D eigenvalue weighted by molar-refractivity contribution is -0.126. The van der Waals surface area contributed by atoms with Crippen molar-refractivity contribution >= 4 is 11.6 Å². The molecule has 1 unspecified atom stereocenters. The van der Waals surface area contributed by atoms with Crippen LogP contribution >= 0.6 is 0 Å². The number of rotatable bonds is 2. The predicted molar refractivity (Wildman–Crippen MR) is 76.7 cm³/mol. The van der Waals surface area contributed by atoms with Gasteiger partial charge in [-0.1, -0.05) is 30.3 Å². The fourth-order valence-corrected chi connectivity index (χ4v) is 2.52. The molecule has 1 aliphatic heterocycles. The molecule has 0 fully saturated rings. The first-order valence-corrected chi connectivity index (χ1v) is 6.44. The van der Waals surface area contributed by atoms with Crippen molar-refractivity contribution in [3.63, 3.8) is 0 Å². The number of benzene rings is 2. The van der Waals surface area contributed by atoms with Crippen molar-refractivity contribution in [2.75, 3.05) is 12.4 Å². The predicted octanol–water partition coefficient (Wildman–Crippen LogP) is 2.57. The first-order valence-electron chi connectivity index (χ1n) is 6.44. The highest BCUT2D eigenvalue weighted by molar-refractivity contribution is 6.02. The fourth-order valence-electron chi connectivity index (χ4n) is 2.52. The van der Waals surface area contributed by atoms with Gasteiger partial charge in [0, 0.05) is 24.7 Å². The highest BCUT2D eigenvalue weighted by Gasteiger charge is 2.29. The van der Waals surface area contributed by atoms with Crippen molar-refractivity contribution in [3.05, 3.63) is 48.0 Å². The third-order valence-corrected chi connectivity index (χ3v) is 3.59. The molecular formula is C16H15NO3. The van der Waals surface area contributed by atoms with Crippen LogP contribution in [0, 0.1) is 0 Å². The molecule has 0 radical (unpaired) electrons. The summed E-state index contributed by atoms with van der Waals surface area (Å²) >= 11 is 0. The van der Waals surface area contributed by atoms with Gasteiger partial charge in [0.15, 0.2) is 0 Å². The normalized spacial score (nSPS) is 17.4. The van der Waals surface area contributed by atoms with Gasteiger partial charge in [-0.25, -0.2) is 0 Å². The molecule has 1 atom stereocenters. The number of hydrogen-bond acceptors (Lipinski definition) is 3. The molecule has 102 valence electrons. The van der Waals surface area contributed by atoms with E-state index in [1.54, 1.807) is 6.07 Å². The molecule has 0 bridgehead atoms. The van der Waals surface area contributed by atoms with Gasteiger partial charge in [-0.3, -0.25) is 4.79 Å². The molecule has 1 heterocycles. The summed E-state index contributed by atoms with van der Waals surface area (Å²) in [6.45, 7) is 0. The maximum absolute atomic E-state index is 12.0. The summed E-state index contributed by atoms with van der Waals surface area (Å²) in [7, 11) is 1.49. The summed E-state index contributed by atoms with van der Waals surface area (Å²) in [5.74, 6) is 0.00418. The third kappa shape index (κ3) is 2.04. The Morgan fingerprint density at radius 3 is 2.65 bits per heavy atom. The monoisotopic (exact) mass is 269 g/mol. The van der Waals surface area contributed by atoms with Crippen LogP contribution < -0.4 is 5.32 Å². The SMILES string of the molecule is COC1Cc2c(O)ccc(-c3ccccc3)c2NC1=O. The average molecular weight is 269 g/mol. The van der Waals surface area contributed by atoms with E-state index in [-0.39, 0.29) is 11.7 Å². The third-order valence-electron chi connectivity index (χ3n) is 3.59. The Balaban J connectivity index is 2.14. The molecule has 4 heteroatoms. The first-order chi connectivity index (χ1) is 9.70. The molecule has 2 aromatic rings. The Morgan fingerprint density at radius 2 is 1.95 bits per heavy atom. The number of nitrogens with one attached hydrogen (secondary N) is 1. The molecule has 1 aliphatic rings. The zero-order chi connectivity index (χ0) is 14.1. The molecule has 0 saturated heterocycles. The second kappa shape index (κ2) is 4.98. The number of phenols is 1. The van der Waals surface area contributed by atoms with Gasteiger partial charge in [-0.15, -0.1) is 0 Å². The van der Waals surface area contributed by atoms with Crippen molar-refractivity contribution in [1.82, 2.24) is 0 Å². The van der Waals surface area contributed by atoms with E-state index in [0.717, 1.165) is 16.7 Å². The minimum Gasteiger partial charge on any atom is -0.508 e. The topological polar surface area (TPSA) is 58.6 Å². The van der Waals surface area contributed by atoms with E-state index >= 15 is 0 Å². The van der Waals surface area contributed by atoms with E-state index in [2.05, 4.69) is 5.32 Å². The van der Waals surface area contributed by atoms with Crippen LogP contribution in [-0.2, 0) is 16.0 Å². The minimum absolute atomic E-state index is 0.178. The Hall–Kier alpha value is -2.33. The van der Waals surface area contributed by atoms with Gasteiger partial charge in [0.2, 0.25) is 0 Å². The lowest BCUT2D eigenvalue weighted by Gasteiger charge is -2.26. The van der Waals surface area contributed by atoms with E-state index in [0.29, 0.717) is 12.1 Å². The van der Waals surface area contributed by atoms with Crippen LogP contribution in [0.2, 0.25) is 0 Å². The minimum atomic E-state index is -0.556. The van der Waals surface area contributed by atoms with E-state index in [4.69, 9.17) is 4.74 Å². The number of aromatic hydroxyl groups is 1. The summed E-state index contributed by atoms with van der Waals surface area (Å²) in [4.78, 5) is 12.0. The molecule has 2 N–H and O–H groups in total. The molecule has 1 amide bonds. The first kappa shape index (κ1) is 12.7. The van der Waals surface area contributed by atoms with E-state index in [9.17, 15) is 9.90 Å². The lowest BCUT2D eigenvalue weighted by atomic mass is 9.93.